The van der Waals surface area contributed by atoms with Crippen molar-refractivity contribution in [2.75, 3.05) is 45.6 Å². The number of hydrogen-bond donors (Lipinski definition) is 6. The Labute approximate surface area is 306 Å². The number of benzene rings is 1. The van der Waals surface area contributed by atoms with Crippen LogP contribution in [0.5, 0.6) is 0 Å². The van der Waals surface area contributed by atoms with Gasteiger partial charge in [-0.3, -0.25) is 28.9 Å². The molecule has 2 atom stereocenters. The monoisotopic (exact) mass is 728 g/mol. The molecule has 1 aliphatic rings. The zero-order valence-corrected chi connectivity index (χ0v) is 31.2. The molecule has 2 unspecified atom stereocenters. The second kappa shape index (κ2) is 21.4. The van der Waals surface area contributed by atoms with E-state index in [0.29, 0.717) is 43.5 Å². The molecule has 1 heterocycles. The normalized spacial score (nSPS) is 13.8. The first-order chi connectivity index (χ1) is 24.5. The van der Waals surface area contributed by atoms with Crippen LogP contribution in [0.25, 0.3) is 0 Å². The molecule has 52 heavy (non-hydrogen) atoms. The van der Waals surface area contributed by atoms with Gasteiger partial charge in [0, 0.05) is 57.5 Å². The summed E-state index contributed by atoms with van der Waals surface area (Å²) >= 11 is 0. The number of unbranched alkanes of at least 4 members (excludes halogenated alkanes) is 2. The molecule has 288 valence electrons. The SMILES string of the molecule is CNCC(C)(C)CN(C)C(=O)OCc1ccc(NC(=O)C(CCCNC(N)=O)NC(=O)C(NC(=O)CCCCCN2C(=O)C=CC2=O)C(C)C)cc1. The Bertz CT molecular complexity index is 1410. The molecule has 2 rings (SSSR count). The van der Waals surface area contributed by atoms with E-state index in [0.717, 1.165) is 11.4 Å². The van der Waals surface area contributed by atoms with Gasteiger partial charge in [0.15, 0.2) is 0 Å². The van der Waals surface area contributed by atoms with Gasteiger partial charge >= 0.3 is 12.1 Å². The van der Waals surface area contributed by atoms with Gasteiger partial charge in [-0.2, -0.15) is 0 Å². The highest BCUT2D eigenvalue weighted by atomic mass is 16.6. The van der Waals surface area contributed by atoms with Crippen molar-refractivity contribution in [1.82, 2.24) is 31.1 Å². The molecule has 1 aromatic carbocycles. The molecule has 0 spiro atoms. The minimum Gasteiger partial charge on any atom is -0.445 e. The Balaban J connectivity index is 1.95. The van der Waals surface area contributed by atoms with Gasteiger partial charge in [-0.15, -0.1) is 0 Å². The van der Waals surface area contributed by atoms with Gasteiger partial charge in [0.2, 0.25) is 17.7 Å². The number of hydrogen-bond acceptors (Lipinski definition) is 9. The van der Waals surface area contributed by atoms with Gasteiger partial charge < -0.3 is 42.0 Å². The van der Waals surface area contributed by atoms with Crippen LogP contribution in [-0.2, 0) is 35.3 Å². The van der Waals surface area contributed by atoms with E-state index in [1.165, 1.54) is 17.1 Å². The largest absolute Gasteiger partial charge is 0.445 e. The summed E-state index contributed by atoms with van der Waals surface area (Å²) in [4.78, 5) is 89.3. The smallest absolute Gasteiger partial charge is 0.409 e. The van der Waals surface area contributed by atoms with Crippen molar-refractivity contribution in [2.45, 2.75) is 84.9 Å². The maximum absolute atomic E-state index is 13.4. The first-order valence-electron chi connectivity index (χ1n) is 17.6. The lowest BCUT2D eigenvalue weighted by Crippen LogP contribution is -2.54. The summed E-state index contributed by atoms with van der Waals surface area (Å²) in [5, 5.41) is 13.9. The lowest BCUT2D eigenvalue weighted by atomic mass is 9.93. The first-order valence-corrected chi connectivity index (χ1v) is 17.6. The van der Waals surface area contributed by atoms with Gasteiger partial charge in [-0.1, -0.05) is 46.2 Å². The van der Waals surface area contributed by atoms with Crippen LogP contribution in [0.1, 0.15) is 71.8 Å². The van der Waals surface area contributed by atoms with Gasteiger partial charge in [-0.25, -0.2) is 9.59 Å². The topological polar surface area (TPSA) is 221 Å². The van der Waals surface area contributed by atoms with Crippen molar-refractivity contribution < 1.29 is 38.3 Å². The van der Waals surface area contributed by atoms with E-state index in [9.17, 15) is 33.6 Å². The number of carbonyl (C=O) groups is 7. The fraction of sp³-hybridized carbons (Fsp3) is 0.583. The molecule has 16 nitrogen and oxygen atoms in total. The Kier molecular flexibility index (Phi) is 17.8. The fourth-order valence-corrected chi connectivity index (χ4v) is 5.62. The van der Waals surface area contributed by atoms with Gasteiger partial charge in [0.05, 0.1) is 0 Å². The molecule has 0 saturated carbocycles. The maximum Gasteiger partial charge on any atom is 0.409 e. The maximum atomic E-state index is 13.4. The number of amides is 8. The highest BCUT2D eigenvalue weighted by molar-refractivity contribution is 6.12. The molecule has 0 fully saturated rings. The molecule has 1 aromatic rings. The predicted octanol–water partition coefficient (Wildman–Crippen LogP) is 2.00. The molecular weight excluding hydrogens is 672 g/mol. The Morgan fingerprint density at radius 2 is 1.58 bits per heavy atom. The molecule has 0 radical (unpaired) electrons. The highest BCUT2D eigenvalue weighted by Gasteiger charge is 2.29. The van der Waals surface area contributed by atoms with Gasteiger partial charge in [0.1, 0.15) is 18.7 Å². The molecule has 0 aromatic heterocycles. The van der Waals surface area contributed by atoms with Crippen LogP contribution in [-0.4, -0.2) is 104 Å². The number of urea groups is 1. The van der Waals surface area contributed by atoms with E-state index in [4.69, 9.17) is 10.5 Å². The summed E-state index contributed by atoms with van der Waals surface area (Å²) in [6, 6.07) is 4.10. The van der Waals surface area contributed by atoms with Crippen molar-refractivity contribution >= 4 is 47.3 Å². The number of anilines is 1. The number of nitrogens with zero attached hydrogens (tertiary/aromatic N) is 2. The Hall–Kier alpha value is -4.99. The third kappa shape index (κ3) is 15.5. The van der Waals surface area contributed by atoms with Crippen molar-refractivity contribution in [3.63, 3.8) is 0 Å². The number of ether oxygens (including phenoxy) is 1. The van der Waals surface area contributed by atoms with Crippen LogP contribution in [0.4, 0.5) is 15.3 Å². The summed E-state index contributed by atoms with van der Waals surface area (Å²) in [7, 11) is 3.54. The molecule has 16 heteroatoms. The van der Waals surface area contributed by atoms with Crippen molar-refractivity contribution in [1.29, 1.82) is 0 Å². The number of primary amides is 1. The van der Waals surface area contributed by atoms with Crippen LogP contribution >= 0.6 is 0 Å². The average molecular weight is 729 g/mol. The third-order valence-electron chi connectivity index (χ3n) is 8.27. The van der Waals surface area contributed by atoms with Crippen LogP contribution < -0.4 is 32.3 Å². The highest BCUT2D eigenvalue weighted by Crippen LogP contribution is 2.17. The molecule has 0 aliphatic carbocycles. The first kappa shape index (κ1) is 43.2. The van der Waals surface area contributed by atoms with E-state index in [-0.39, 0.29) is 61.6 Å². The Morgan fingerprint density at radius 3 is 2.17 bits per heavy atom. The fourth-order valence-electron chi connectivity index (χ4n) is 5.62. The van der Waals surface area contributed by atoms with E-state index >= 15 is 0 Å². The van der Waals surface area contributed by atoms with Crippen LogP contribution in [0.2, 0.25) is 0 Å². The predicted molar refractivity (Wildman–Crippen MR) is 195 cm³/mol. The number of carbonyl (C=O) groups excluding carboxylic acids is 7. The standard InChI is InChI=1S/C36H56N8O8/c1-24(2)31(42-28(45)12-8-7-9-20-44-29(46)17-18-30(44)47)33(49)41-27(11-10-19-39-34(37)50)32(48)40-26-15-13-25(14-16-26)21-52-35(51)43(6)23-36(3,4)22-38-5/h13-18,24,27,31,38H,7-12,19-23H2,1-6H3,(H,40,48)(H,41,49)(H,42,45)(H3,37,39,50). The summed E-state index contributed by atoms with van der Waals surface area (Å²) in [5.41, 5.74) is 6.18. The summed E-state index contributed by atoms with van der Waals surface area (Å²) in [6.45, 7) is 9.38. The lowest BCUT2D eigenvalue weighted by Gasteiger charge is -2.29. The zero-order valence-electron chi connectivity index (χ0n) is 31.2. The van der Waals surface area contributed by atoms with E-state index < -0.39 is 36.0 Å². The number of nitrogens with two attached hydrogens (primary N) is 1. The third-order valence-corrected chi connectivity index (χ3v) is 8.27. The second-order valence-electron chi connectivity index (χ2n) is 14.0. The van der Waals surface area contributed by atoms with Crippen molar-refractivity contribution in [3.05, 3.63) is 42.0 Å². The number of nitrogens with one attached hydrogen (secondary N) is 5. The quantitative estimate of drug-likeness (QED) is 0.0758. The van der Waals surface area contributed by atoms with Crippen LogP contribution in [0.15, 0.2) is 36.4 Å². The Morgan fingerprint density at radius 1 is 0.923 bits per heavy atom. The molecule has 1 aliphatic heterocycles. The van der Waals surface area contributed by atoms with Crippen LogP contribution in [0.3, 0.4) is 0 Å². The molecule has 7 N–H and O–H groups in total. The van der Waals surface area contributed by atoms with E-state index in [1.807, 2.05) is 20.9 Å². The summed E-state index contributed by atoms with van der Waals surface area (Å²) < 4.78 is 5.45. The van der Waals surface area contributed by atoms with E-state index in [2.05, 4.69) is 26.6 Å². The van der Waals surface area contributed by atoms with Crippen molar-refractivity contribution in [3.8, 4) is 0 Å². The van der Waals surface area contributed by atoms with Gasteiger partial charge in [-0.05, 0) is 61.8 Å². The second-order valence-corrected chi connectivity index (χ2v) is 14.0. The van der Waals surface area contributed by atoms with Gasteiger partial charge in [0.25, 0.3) is 11.8 Å². The zero-order chi connectivity index (χ0) is 38.8. The average Bonchev–Trinajstić information content (AvgIpc) is 3.39. The summed E-state index contributed by atoms with van der Waals surface area (Å²) in [5.74, 6) is -2.38. The molecule has 0 bridgehead atoms. The minimum absolute atomic E-state index is 0.0377. The minimum atomic E-state index is -1.01. The number of imide groups is 1. The molecule has 0 saturated heterocycles. The molecular formula is C36H56N8O8. The number of rotatable bonds is 22. The van der Waals surface area contributed by atoms with Crippen molar-refractivity contribution in [2.24, 2.45) is 17.1 Å². The van der Waals surface area contributed by atoms with Crippen LogP contribution in [0, 0.1) is 11.3 Å². The molecule has 8 amide bonds. The van der Waals surface area contributed by atoms with E-state index in [1.54, 1.807) is 45.2 Å². The lowest BCUT2D eigenvalue weighted by molar-refractivity contribution is -0.137. The summed E-state index contributed by atoms with van der Waals surface area (Å²) in [6.07, 6.45) is 4.28.